The van der Waals surface area contributed by atoms with Crippen LogP contribution in [-0.4, -0.2) is 39.0 Å². The van der Waals surface area contributed by atoms with E-state index in [9.17, 15) is 9.59 Å². The lowest BCUT2D eigenvalue weighted by Gasteiger charge is -2.09. The summed E-state index contributed by atoms with van der Waals surface area (Å²) in [6.07, 6.45) is 0. The average Bonchev–Trinajstić information content (AvgIpc) is 3.34. The molecule has 0 fully saturated rings. The summed E-state index contributed by atoms with van der Waals surface area (Å²) in [7, 11) is 0. The summed E-state index contributed by atoms with van der Waals surface area (Å²) in [6.45, 7) is 0.320. The molecule has 8 nitrogen and oxygen atoms in total. The third-order valence-electron chi connectivity index (χ3n) is 4.32. The number of carbonyl (C=O) groups excluding carboxylic acids is 1. The van der Waals surface area contributed by atoms with Crippen molar-refractivity contribution >= 4 is 17.2 Å². The Hall–Kier alpha value is -3.85. The zero-order chi connectivity index (χ0) is 21.5. The van der Waals surface area contributed by atoms with E-state index < -0.39 is 0 Å². The maximum absolute atomic E-state index is 12.2. The maximum Gasteiger partial charge on any atom is 0.267 e. The van der Waals surface area contributed by atoms with Gasteiger partial charge < -0.3 is 10.1 Å². The molecule has 0 unspecified atom stereocenters. The monoisotopic (exact) mass is 433 g/mol. The minimum atomic E-state index is -0.341. The molecule has 1 aromatic carbocycles. The van der Waals surface area contributed by atoms with Gasteiger partial charge in [0.15, 0.2) is 0 Å². The third kappa shape index (κ3) is 5.40. The number of nitrogens with one attached hydrogen (secondary N) is 1. The fourth-order valence-corrected chi connectivity index (χ4v) is 3.51. The van der Waals surface area contributed by atoms with Gasteiger partial charge >= 0.3 is 0 Å². The Morgan fingerprint density at radius 3 is 2.55 bits per heavy atom. The second-order valence-corrected chi connectivity index (χ2v) is 7.46. The summed E-state index contributed by atoms with van der Waals surface area (Å²) < 4.78 is 6.66. The van der Waals surface area contributed by atoms with Gasteiger partial charge in [-0.15, -0.1) is 21.5 Å². The lowest BCUT2D eigenvalue weighted by atomic mass is 10.1. The molecule has 0 radical (unpaired) electrons. The van der Waals surface area contributed by atoms with Gasteiger partial charge in [-0.05, 0) is 23.6 Å². The molecule has 0 bridgehead atoms. The number of rotatable bonds is 8. The number of aromatic nitrogens is 4. The van der Waals surface area contributed by atoms with E-state index in [-0.39, 0.29) is 31.2 Å². The molecule has 4 rings (SSSR count). The maximum atomic E-state index is 12.2. The van der Waals surface area contributed by atoms with E-state index in [2.05, 4.69) is 20.6 Å². The molecule has 3 heterocycles. The third-order valence-corrected chi connectivity index (χ3v) is 5.21. The van der Waals surface area contributed by atoms with Crippen molar-refractivity contribution in [2.45, 2.75) is 6.54 Å². The predicted octanol–water partition coefficient (Wildman–Crippen LogP) is 2.62. The van der Waals surface area contributed by atoms with Crippen LogP contribution in [0, 0.1) is 0 Å². The zero-order valence-electron chi connectivity index (χ0n) is 16.5. The number of hydrogen-bond donors (Lipinski definition) is 1. The van der Waals surface area contributed by atoms with Crippen LogP contribution in [-0.2, 0) is 11.3 Å². The summed E-state index contributed by atoms with van der Waals surface area (Å²) in [5.41, 5.74) is 1.94. The van der Waals surface area contributed by atoms with E-state index in [0.717, 1.165) is 20.8 Å². The zero-order valence-corrected chi connectivity index (χ0v) is 17.3. The Morgan fingerprint density at radius 2 is 1.81 bits per heavy atom. The van der Waals surface area contributed by atoms with E-state index in [1.807, 2.05) is 53.9 Å². The predicted molar refractivity (Wildman–Crippen MR) is 118 cm³/mol. The normalized spacial score (nSPS) is 10.6. The van der Waals surface area contributed by atoms with Crippen molar-refractivity contribution < 1.29 is 9.53 Å². The Labute approximate surface area is 182 Å². The van der Waals surface area contributed by atoms with Crippen molar-refractivity contribution in [3.8, 4) is 27.7 Å². The molecular weight excluding hydrogens is 414 g/mol. The van der Waals surface area contributed by atoms with Crippen LogP contribution >= 0.6 is 11.3 Å². The molecule has 9 heteroatoms. The minimum absolute atomic E-state index is 0.172. The van der Waals surface area contributed by atoms with E-state index in [0.29, 0.717) is 11.6 Å². The summed E-state index contributed by atoms with van der Waals surface area (Å²) in [4.78, 5) is 25.3. The standard InChI is InChI=1S/C22H19N5O3S/c28-20(15-27-22(29)11-9-17(26-27)16-5-2-1-3-6-16)23-12-13-30-21-10-8-18(24-25-21)19-7-4-14-31-19/h1-11,14H,12-13,15H2,(H,23,28). The number of thiophene rings is 1. The second kappa shape index (κ2) is 9.77. The minimum Gasteiger partial charge on any atom is -0.475 e. The van der Waals surface area contributed by atoms with Crippen molar-refractivity contribution in [2.24, 2.45) is 0 Å². The molecule has 4 aromatic rings. The van der Waals surface area contributed by atoms with Gasteiger partial charge in [0.2, 0.25) is 11.8 Å². The van der Waals surface area contributed by atoms with Crippen LogP contribution in [0.3, 0.4) is 0 Å². The quantitative estimate of drug-likeness (QED) is 0.429. The Kier molecular flexibility index (Phi) is 6.44. The van der Waals surface area contributed by atoms with Crippen LogP contribution in [0.25, 0.3) is 21.8 Å². The van der Waals surface area contributed by atoms with Crippen molar-refractivity contribution in [2.75, 3.05) is 13.2 Å². The van der Waals surface area contributed by atoms with E-state index in [4.69, 9.17) is 4.74 Å². The summed E-state index contributed by atoms with van der Waals surface area (Å²) >= 11 is 1.59. The van der Waals surface area contributed by atoms with Gasteiger partial charge in [-0.3, -0.25) is 9.59 Å². The van der Waals surface area contributed by atoms with E-state index >= 15 is 0 Å². The molecule has 31 heavy (non-hydrogen) atoms. The number of amides is 1. The summed E-state index contributed by atoms with van der Waals surface area (Å²) in [6, 6.07) is 20.0. The van der Waals surface area contributed by atoms with Crippen LogP contribution < -0.4 is 15.6 Å². The molecule has 0 aliphatic rings. The SMILES string of the molecule is O=C(Cn1nc(-c2ccccc2)ccc1=O)NCCOc1ccc(-c2cccs2)nn1. The molecule has 3 aromatic heterocycles. The molecule has 0 saturated carbocycles. The van der Waals surface area contributed by atoms with Crippen molar-refractivity contribution in [3.63, 3.8) is 0 Å². The number of nitrogens with zero attached hydrogens (tertiary/aromatic N) is 4. The first-order valence-electron chi connectivity index (χ1n) is 9.60. The molecule has 1 N–H and O–H groups in total. The van der Waals surface area contributed by atoms with Gasteiger partial charge in [0.25, 0.3) is 5.56 Å². The highest BCUT2D eigenvalue weighted by Gasteiger charge is 2.08. The molecule has 1 amide bonds. The number of hydrogen-bond acceptors (Lipinski definition) is 7. The van der Waals surface area contributed by atoms with Gasteiger partial charge in [0, 0.05) is 17.7 Å². The smallest absolute Gasteiger partial charge is 0.267 e. The van der Waals surface area contributed by atoms with Crippen molar-refractivity contribution in [3.05, 3.63) is 82.5 Å². The van der Waals surface area contributed by atoms with E-state index in [1.54, 1.807) is 23.5 Å². The molecule has 0 atom stereocenters. The lowest BCUT2D eigenvalue weighted by molar-refractivity contribution is -0.122. The second-order valence-electron chi connectivity index (χ2n) is 6.51. The van der Waals surface area contributed by atoms with Gasteiger partial charge in [-0.25, -0.2) is 4.68 Å². The highest BCUT2D eigenvalue weighted by molar-refractivity contribution is 7.13. The Bertz CT molecular complexity index is 1190. The highest BCUT2D eigenvalue weighted by Crippen LogP contribution is 2.22. The molecule has 156 valence electrons. The number of ether oxygens (including phenoxy) is 1. The fourth-order valence-electron chi connectivity index (χ4n) is 2.82. The largest absolute Gasteiger partial charge is 0.475 e. The first-order chi connectivity index (χ1) is 15.2. The van der Waals surface area contributed by atoms with Crippen LogP contribution in [0.15, 0.2) is 76.9 Å². The summed E-state index contributed by atoms with van der Waals surface area (Å²) in [5, 5.41) is 17.1. The molecule has 0 saturated heterocycles. The number of carbonyl (C=O) groups is 1. The van der Waals surface area contributed by atoms with Gasteiger partial charge in [-0.2, -0.15) is 5.10 Å². The van der Waals surface area contributed by atoms with Gasteiger partial charge in [-0.1, -0.05) is 36.4 Å². The first-order valence-corrected chi connectivity index (χ1v) is 10.5. The fraction of sp³-hybridized carbons (Fsp3) is 0.136. The molecular formula is C22H19N5O3S. The Morgan fingerprint density at radius 1 is 0.968 bits per heavy atom. The number of benzene rings is 1. The van der Waals surface area contributed by atoms with Crippen LogP contribution in [0.5, 0.6) is 5.88 Å². The lowest BCUT2D eigenvalue weighted by Crippen LogP contribution is -2.35. The Balaban J connectivity index is 1.26. The average molecular weight is 433 g/mol. The van der Waals surface area contributed by atoms with Crippen LogP contribution in [0.4, 0.5) is 0 Å². The molecule has 0 aliphatic carbocycles. The molecule has 0 aliphatic heterocycles. The van der Waals surface area contributed by atoms with E-state index in [1.165, 1.54) is 6.07 Å². The molecule has 0 spiro atoms. The van der Waals surface area contributed by atoms with Crippen molar-refractivity contribution in [1.82, 2.24) is 25.3 Å². The topological polar surface area (TPSA) is 99.0 Å². The van der Waals surface area contributed by atoms with Gasteiger partial charge in [0.1, 0.15) is 18.8 Å². The van der Waals surface area contributed by atoms with Crippen LogP contribution in [0.1, 0.15) is 0 Å². The summed E-state index contributed by atoms with van der Waals surface area (Å²) in [5.74, 6) is 0.0468. The van der Waals surface area contributed by atoms with Gasteiger partial charge in [0.05, 0.1) is 17.1 Å². The van der Waals surface area contributed by atoms with Crippen molar-refractivity contribution in [1.29, 1.82) is 0 Å². The van der Waals surface area contributed by atoms with Crippen LogP contribution in [0.2, 0.25) is 0 Å². The first kappa shape index (κ1) is 20.4. The highest BCUT2D eigenvalue weighted by atomic mass is 32.1.